The highest BCUT2D eigenvalue weighted by atomic mass is 16.6. The fourth-order valence-electron chi connectivity index (χ4n) is 0.549. The van der Waals surface area contributed by atoms with E-state index in [1.54, 1.807) is 26.8 Å². The number of allylic oxidation sites excluding steroid dienone is 1. The Morgan fingerprint density at radius 3 is 2.07 bits per heavy atom. The molecule has 0 N–H and O–H groups in total. The Morgan fingerprint density at radius 1 is 1.21 bits per heavy atom. The lowest BCUT2D eigenvalue weighted by atomic mass is 9.97. The van der Waals surface area contributed by atoms with Crippen LogP contribution in [-0.4, -0.2) is 11.9 Å². The molecule has 0 unspecified atom stereocenters. The number of carbonyl (C=O) groups excluding carboxylic acids is 2. The van der Waals surface area contributed by atoms with E-state index >= 15 is 0 Å². The highest BCUT2D eigenvalue weighted by molar-refractivity contribution is 5.93. The third-order valence-corrected chi connectivity index (χ3v) is 1.42. The molecule has 0 heterocycles. The molecule has 0 aliphatic carbocycles. The Balaban J connectivity index is 4.15. The largest absolute Gasteiger partial charge is 0.389 e. The topological polar surface area (TPSA) is 43.4 Å². The zero-order chi connectivity index (χ0) is 11.4. The van der Waals surface area contributed by atoms with Crippen LogP contribution in [0, 0.1) is 11.3 Å². The Morgan fingerprint density at radius 2 is 1.71 bits per heavy atom. The fraction of sp³-hybridized carbons (Fsp3) is 0.636. The minimum Gasteiger partial charge on any atom is -0.389 e. The number of ether oxygens (including phenoxy) is 1. The number of hydrogen-bond donors (Lipinski definition) is 0. The molecule has 0 bridgehead atoms. The van der Waals surface area contributed by atoms with Crippen molar-refractivity contribution in [3.63, 3.8) is 0 Å². The molecule has 3 heteroatoms. The molecule has 0 saturated carbocycles. The first kappa shape index (κ1) is 12.9. The lowest BCUT2D eigenvalue weighted by molar-refractivity contribution is -0.162. The molecular weight excluding hydrogens is 180 g/mol. The summed E-state index contributed by atoms with van der Waals surface area (Å²) in [4.78, 5) is 22.3. The van der Waals surface area contributed by atoms with Gasteiger partial charge in [0.1, 0.15) is 0 Å². The van der Waals surface area contributed by atoms with Gasteiger partial charge < -0.3 is 4.74 Å². The van der Waals surface area contributed by atoms with Crippen molar-refractivity contribution in [2.75, 3.05) is 0 Å². The summed E-state index contributed by atoms with van der Waals surface area (Å²) in [7, 11) is 0. The van der Waals surface area contributed by atoms with Crippen LogP contribution in [0.1, 0.15) is 34.6 Å². The third kappa shape index (κ3) is 5.51. The second kappa shape index (κ2) is 4.94. The van der Waals surface area contributed by atoms with Gasteiger partial charge in [0.2, 0.25) is 0 Å². The van der Waals surface area contributed by atoms with Gasteiger partial charge in [-0.3, -0.25) is 4.79 Å². The predicted molar refractivity (Wildman–Crippen MR) is 54.5 cm³/mol. The van der Waals surface area contributed by atoms with Crippen molar-refractivity contribution < 1.29 is 14.3 Å². The predicted octanol–water partition coefficient (Wildman–Crippen LogP) is 2.31. The number of esters is 2. The van der Waals surface area contributed by atoms with E-state index in [1.807, 2.05) is 13.8 Å². The molecular formula is C11H18O3. The standard InChI is InChI=1S/C11H18O3/c1-8(2)6-7-9(12)14-10(13)11(3,4)5/h6-8H,1-5H3/b7-6+. The SMILES string of the molecule is CC(C)/C=C/C(=O)OC(=O)C(C)(C)C. The molecule has 0 aromatic rings. The molecule has 0 aliphatic heterocycles. The van der Waals surface area contributed by atoms with Gasteiger partial charge in [0, 0.05) is 6.08 Å². The van der Waals surface area contributed by atoms with E-state index < -0.39 is 17.4 Å². The van der Waals surface area contributed by atoms with E-state index in [2.05, 4.69) is 4.74 Å². The van der Waals surface area contributed by atoms with Gasteiger partial charge in [0.15, 0.2) is 0 Å². The van der Waals surface area contributed by atoms with E-state index in [9.17, 15) is 9.59 Å². The summed E-state index contributed by atoms with van der Waals surface area (Å²) in [6.07, 6.45) is 2.98. The summed E-state index contributed by atoms with van der Waals surface area (Å²) in [6, 6.07) is 0. The van der Waals surface area contributed by atoms with Crippen molar-refractivity contribution in [1.29, 1.82) is 0 Å². The summed E-state index contributed by atoms with van der Waals surface area (Å²) in [5.41, 5.74) is -0.638. The maximum atomic E-state index is 11.2. The van der Waals surface area contributed by atoms with Crippen LogP contribution >= 0.6 is 0 Å². The molecule has 0 radical (unpaired) electrons. The van der Waals surface area contributed by atoms with Crippen LogP contribution in [0.3, 0.4) is 0 Å². The van der Waals surface area contributed by atoms with Crippen LogP contribution in [0.5, 0.6) is 0 Å². The molecule has 0 aliphatic rings. The van der Waals surface area contributed by atoms with Gasteiger partial charge in [-0.25, -0.2) is 4.79 Å². The Kier molecular flexibility index (Phi) is 4.54. The second-order valence-electron chi connectivity index (χ2n) is 4.56. The van der Waals surface area contributed by atoms with Gasteiger partial charge in [0.25, 0.3) is 0 Å². The molecule has 0 spiro atoms. The van der Waals surface area contributed by atoms with Crippen LogP contribution in [0.4, 0.5) is 0 Å². The van der Waals surface area contributed by atoms with Crippen molar-refractivity contribution in [2.24, 2.45) is 11.3 Å². The maximum Gasteiger partial charge on any atom is 0.338 e. The van der Waals surface area contributed by atoms with Crippen molar-refractivity contribution in [2.45, 2.75) is 34.6 Å². The minimum atomic E-state index is -0.638. The zero-order valence-corrected chi connectivity index (χ0v) is 9.46. The number of hydrogen-bond acceptors (Lipinski definition) is 3. The molecule has 0 aromatic carbocycles. The monoisotopic (exact) mass is 198 g/mol. The first-order valence-electron chi connectivity index (χ1n) is 4.68. The smallest absolute Gasteiger partial charge is 0.338 e. The number of carbonyl (C=O) groups is 2. The molecule has 0 rings (SSSR count). The average Bonchev–Trinajstić information content (AvgIpc) is 1.99. The summed E-state index contributed by atoms with van der Waals surface area (Å²) in [5.74, 6) is -0.832. The Bertz CT molecular complexity index is 244. The van der Waals surface area contributed by atoms with E-state index in [-0.39, 0.29) is 5.92 Å². The molecule has 80 valence electrons. The highest BCUT2D eigenvalue weighted by Gasteiger charge is 2.24. The van der Waals surface area contributed by atoms with Crippen LogP contribution in [-0.2, 0) is 14.3 Å². The molecule has 0 amide bonds. The average molecular weight is 198 g/mol. The third-order valence-electron chi connectivity index (χ3n) is 1.42. The molecule has 3 nitrogen and oxygen atoms in total. The zero-order valence-electron chi connectivity index (χ0n) is 9.46. The maximum absolute atomic E-state index is 11.2. The van der Waals surface area contributed by atoms with Crippen LogP contribution in [0.15, 0.2) is 12.2 Å². The number of rotatable bonds is 2. The Labute approximate surface area is 85.1 Å². The summed E-state index contributed by atoms with van der Waals surface area (Å²) in [6.45, 7) is 8.99. The van der Waals surface area contributed by atoms with Gasteiger partial charge in [0.05, 0.1) is 5.41 Å². The minimum absolute atomic E-state index is 0.271. The summed E-state index contributed by atoms with van der Waals surface area (Å²) in [5, 5.41) is 0. The first-order valence-corrected chi connectivity index (χ1v) is 4.68. The van der Waals surface area contributed by atoms with Gasteiger partial charge in [-0.05, 0) is 26.7 Å². The first-order chi connectivity index (χ1) is 6.23. The van der Waals surface area contributed by atoms with Crippen molar-refractivity contribution in [1.82, 2.24) is 0 Å². The summed E-state index contributed by atoms with van der Waals surface area (Å²) >= 11 is 0. The van der Waals surface area contributed by atoms with Crippen LogP contribution in [0.25, 0.3) is 0 Å². The van der Waals surface area contributed by atoms with E-state index in [4.69, 9.17) is 0 Å². The van der Waals surface area contributed by atoms with Gasteiger partial charge in [-0.15, -0.1) is 0 Å². The molecule has 0 aromatic heterocycles. The fourth-order valence-corrected chi connectivity index (χ4v) is 0.549. The van der Waals surface area contributed by atoms with E-state index in [0.29, 0.717) is 0 Å². The molecule has 0 atom stereocenters. The molecule has 0 fully saturated rings. The van der Waals surface area contributed by atoms with Crippen molar-refractivity contribution in [3.05, 3.63) is 12.2 Å². The van der Waals surface area contributed by atoms with Crippen LogP contribution in [0.2, 0.25) is 0 Å². The van der Waals surface area contributed by atoms with Gasteiger partial charge in [-0.1, -0.05) is 19.9 Å². The van der Waals surface area contributed by atoms with Crippen molar-refractivity contribution in [3.8, 4) is 0 Å². The van der Waals surface area contributed by atoms with Gasteiger partial charge in [-0.2, -0.15) is 0 Å². The lowest BCUT2D eigenvalue weighted by Crippen LogP contribution is -2.25. The Hall–Kier alpha value is -1.12. The summed E-state index contributed by atoms with van der Waals surface area (Å²) < 4.78 is 4.60. The molecule has 0 saturated heterocycles. The van der Waals surface area contributed by atoms with E-state index in [1.165, 1.54) is 6.08 Å². The van der Waals surface area contributed by atoms with Crippen molar-refractivity contribution >= 4 is 11.9 Å². The highest BCUT2D eigenvalue weighted by Crippen LogP contribution is 2.15. The second-order valence-corrected chi connectivity index (χ2v) is 4.56. The normalized spacial score (nSPS) is 12.1. The lowest BCUT2D eigenvalue weighted by Gasteiger charge is -2.14. The van der Waals surface area contributed by atoms with Gasteiger partial charge >= 0.3 is 11.9 Å². The van der Waals surface area contributed by atoms with Crippen LogP contribution < -0.4 is 0 Å². The van der Waals surface area contributed by atoms with E-state index in [0.717, 1.165) is 0 Å². The quantitative estimate of drug-likeness (QED) is 0.388. The molecule has 14 heavy (non-hydrogen) atoms.